The van der Waals surface area contributed by atoms with Crippen LogP contribution in [-0.2, 0) is 4.57 Å². The molecule has 0 spiro atoms. The second-order valence-electron chi connectivity index (χ2n) is 5.48. The van der Waals surface area contributed by atoms with Gasteiger partial charge in [-0.15, -0.1) is 0 Å². The molecule has 2 nitrogen and oxygen atoms in total. The van der Waals surface area contributed by atoms with Crippen LogP contribution in [0.3, 0.4) is 0 Å². The van der Waals surface area contributed by atoms with Gasteiger partial charge >= 0.3 is 0 Å². The smallest absolute Gasteiger partial charge is 0.222 e. The fourth-order valence-electron chi connectivity index (χ4n) is 2.12. The molecule has 0 saturated carbocycles. The molecule has 0 saturated heterocycles. The summed E-state index contributed by atoms with van der Waals surface area (Å²) < 4.78 is 11.9. The molecule has 114 valence electrons. The molecule has 0 fully saturated rings. The Morgan fingerprint density at radius 3 is 2.00 bits per heavy atom. The molecular formula is C16H33O2P. The molecular weight excluding hydrogens is 255 g/mol. The van der Waals surface area contributed by atoms with Gasteiger partial charge in [-0.3, -0.25) is 4.57 Å². The molecule has 19 heavy (non-hydrogen) atoms. The lowest BCUT2D eigenvalue weighted by molar-refractivity contribution is 0.484. The summed E-state index contributed by atoms with van der Waals surface area (Å²) in [5, 5.41) is 0. The highest BCUT2D eigenvalue weighted by Crippen LogP contribution is 2.43. The van der Waals surface area contributed by atoms with Crippen molar-refractivity contribution in [3.63, 3.8) is 0 Å². The lowest BCUT2D eigenvalue weighted by Crippen LogP contribution is -1.87. The predicted octanol–water partition coefficient (Wildman–Crippen LogP) is 6.10. The molecule has 1 unspecified atom stereocenters. The van der Waals surface area contributed by atoms with Crippen LogP contribution >= 0.6 is 7.37 Å². The SMILES string of the molecule is CCCCCCC=CP(=O)(O)CCCCCCCC. The fourth-order valence-corrected chi connectivity index (χ4v) is 3.43. The van der Waals surface area contributed by atoms with E-state index in [4.69, 9.17) is 0 Å². The van der Waals surface area contributed by atoms with Gasteiger partial charge in [0.2, 0.25) is 7.37 Å². The van der Waals surface area contributed by atoms with Crippen molar-refractivity contribution in [3.8, 4) is 0 Å². The normalized spacial score (nSPS) is 14.9. The molecule has 0 radical (unpaired) electrons. The third kappa shape index (κ3) is 14.2. The summed E-state index contributed by atoms with van der Waals surface area (Å²) >= 11 is 0. The van der Waals surface area contributed by atoms with Crippen molar-refractivity contribution in [2.24, 2.45) is 0 Å². The molecule has 0 aliphatic carbocycles. The first-order chi connectivity index (χ1) is 9.12. The zero-order valence-corrected chi connectivity index (χ0v) is 13.8. The van der Waals surface area contributed by atoms with E-state index in [2.05, 4.69) is 13.8 Å². The van der Waals surface area contributed by atoms with E-state index >= 15 is 0 Å². The van der Waals surface area contributed by atoms with Crippen molar-refractivity contribution in [3.05, 3.63) is 11.9 Å². The molecule has 1 N–H and O–H groups in total. The molecule has 0 aliphatic heterocycles. The van der Waals surface area contributed by atoms with E-state index in [0.29, 0.717) is 6.16 Å². The van der Waals surface area contributed by atoms with Crippen LogP contribution in [-0.4, -0.2) is 11.1 Å². The molecule has 0 aromatic heterocycles. The number of unbranched alkanes of at least 4 members (excludes halogenated alkanes) is 9. The zero-order chi connectivity index (χ0) is 14.4. The Morgan fingerprint density at radius 2 is 1.37 bits per heavy atom. The Hall–Kier alpha value is -0.0700. The Balaban J connectivity index is 3.56. The van der Waals surface area contributed by atoms with Crippen LogP contribution in [0.25, 0.3) is 0 Å². The molecule has 0 rings (SSSR count). The first kappa shape index (κ1) is 18.9. The van der Waals surface area contributed by atoms with E-state index in [1.54, 1.807) is 5.82 Å². The second kappa shape index (κ2) is 12.9. The van der Waals surface area contributed by atoms with Gasteiger partial charge in [-0.1, -0.05) is 71.3 Å². The summed E-state index contributed by atoms with van der Waals surface area (Å²) in [7, 11) is -2.98. The predicted molar refractivity (Wildman–Crippen MR) is 86.0 cm³/mol. The maximum absolute atomic E-state index is 11.9. The summed E-state index contributed by atoms with van der Waals surface area (Å²) in [4.78, 5) is 9.79. The first-order valence-corrected chi connectivity index (χ1v) is 10.0. The van der Waals surface area contributed by atoms with Gasteiger partial charge in [-0.25, -0.2) is 0 Å². The zero-order valence-electron chi connectivity index (χ0n) is 12.9. The van der Waals surface area contributed by atoms with Crippen LogP contribution in [0.1, 0.15) is 84.5 Å². The van der Waals surface area contributed by atoms with Crippen molar-refractivity contribution in [2.45, 2.75) is 84.5 Å². The van der Waals surface area contributed by atoms with Crippen LogP contribution in [0, 0.1) is 0 Å². The largest absolute Gasteiger partial charge is 0.341 e. The van der Waals surface area contributed by atoms with E-state index in [-0.39, 0.29) is 0 Å². The minimum absolute atomic E-state index is 0.463. The highest BCUT2D eigenvalue weighted by Gasteiger charge is 2.12. The Kier molecular flexibility index (Phi) is 12.9. The quantitative estimate of drug-likeness (QED) is 0.328. The third-order valence-electron chi connectivity index (χ3n) is 3.39. The van der Waals surface area contributed by atoms with Gasteiger partial charge in [-0.2, -0.15) is 0 Å². The average molecular weight is 288 g/mol. The van der Waals surface area contributed by atoms with Gasteiger partial charge in [0.1, 0.15) is 0 Å². The highest BCUT2D eigenvalue weighted by atomic mass is 31.2. The standard InChI is InChI=1S/C16H33O2P/c1-3-5-7-9-11-13-15-19(17,18)16-14-12-10-8-6-4-2/h13,15H,3-12,14,16H2,1-2H3,(H,17,18). The number of allylic oxidation sites excluding steroid dienone is 1. The van der Waals surface area contributed by atoms with E-state index in [1.165, 1.54) is 44.9 Å². The van der Waals surface area contributed by atoms with E-state index < -0.39 is 7.37 Å². The topological polar surface area (TPSA) is 37.3 Å². The molecule has 0 bridgehead atoms. The maximum atomic E-state index is 11.9. The van der Waals surface area contributed by atoms with Crippen LogP contribution < -0.4 is 0 Å². The van der Waals surface area contributed by atoms with Crippen molar-refractivity contribution in [2.75, 3.05) is 6.16 Å². The molecule has 0 heterocycles. The van der Waals surface area contributed by atoms with Crippen LogP contribution in [0.15, 0.2) is 11.9 Å². The van der Waals surface area contributed by atoms with Crippen LogP contribution in [0.4, 0.5) is 0 Å². The minimum Gasteiger partial charge on any atom is -0.341 e. The fraction of sp³-hybridized carbons (Fsp3) is 0.875. The highest BCUT2D eigenvalue weighted by molar-refractivity contribution is 7.61. The van der Waals surface area contributed by atoms with Crippen LogP contribution in [0.5, 0.6) is 0 Å². The third-order valence-corrected chi connectivity index (χ3v) is 5.03. The molecule has 0 aromatic rings. The summed E-state index contributed by atoms with van der Waals surface area (Å²) in [6.07, 6.45) is 15.2. The van der Waals surface area contributed by atoms with Crippen molar-refractivity contribution in [1.29, 1.82) is 0 Å². The molecule has 0 amide bonds. The summed E-state index contributed by atoms with van der Waals surface area (Å²) in [5.74, 6) is 1.57. The number of rotatable bonds is 13. The minimum atomic E-state index is -2.98. The van der Waals surface area contributed by atoms with Gasteiger partial charge in [0.15, 0.2) is 0 Å². The van der Waals surface area contributed by atoms with E-state index in [9.17, 15) is 9.46 Å². The number of hydrogen-bond acceptors (Lipinski definition) is 1. The lowest BCUT2D eigenvalue weighted by Gasteiger charge is -2.06. The van der Waals surface area contributed by atoms with Crippen LogP contribution in [0.2, 0.25) is 0 Å². The van der Waals surface area contributed by atoms with Gasteiger partial charge in [0.05, 0.1) is 0 Å². The second-order valence-corrected chi connectivity index (χ2v) is 7.74. The van der Waals surface area contributed by atoms with Gasteiger partial charge in [0, 0.05) is 6.16 Å². The monoisotopic (exact) mass is 288 g/mol. The molecule has 3 heteroatoms. The molecule has 1 atom stereocenters. The van der Waals surface area contributed by atoms with E-state index in [1.807, 2.05) is 6.08 Å². The lowest BCUT2D eigenvalue weighted by atomic mass is 10.1. The first-order valence-electron chi connectivity index (χ1n) is 8.11. The summed E-state index contributed by atoms with van der Waals surface area (Å²) in [5.41, 5.74) is 0. The van der Waals surface area contributed by atoms with Crippen molar-refractivity contribution < 1.29 is 9.46 Å². The van der Waals surface area contributed by atoms with Gasteiger partial charge in [0.25, 0.3) is 0 Å². The average Bonchev–Trinajstić information content (AvgIpc) is 2.38. The van der Waals surface area contributed by atoms with Gasteiger partial charge < -0.3 is 4.89 Å². The van der Waals surface area contributed by atoms with Gasteiger partial charge in [-0.05, 0) is 25.1 Å². The summed E-state index contributed by atoms with van der Waals surface area (Å²) in [6, 6.07) is 0. The summed E-state index contributed by atoms with van der Waals surface area (Å²) in [6.45, 7) is 4.39. The molecule has 0 aromatic carbocycles. The van der Waals surface area contributed by atoms with E-state index in [0.717, 1.165) is 25.7 Å². The van der Waals surface area contributed by atoms with Crippen molar-refractivity contribution in [1.82, 2.24) is 0 Å². The maximum Gasteiger partial charge on any atom is 0.222 e. The molecule has 0 aliphatic rings. The Morgan fingerprint density at radius 1 is 0.842 bits per heavy atom. The number of hydrogen-bond donors (Lipinski definition) is 1. The Bertz CT molecular complexity index is 261. The van der Waals surface area contributed by atoms with Crippen molar-refractivity contribution >= 4 is 7.37 Å². The Labute approximate surface area is 120 Å².